The molecule has 1 aromatic rings. The lowest BCUT2D eigenvalue weighted by Gasteiger charge is -2.34. The molecule has 1 heterocycles. The van der Waals surface area contributed by atoms with Crippen LogP contribution in [0.2, 0.25) is 0 Å². The highest BCUT2D eigenvalue weighted by Crippen LogP contribution is 2.19. The Labute approximate surface area is 125 Å². The molecule has 0 aliphatic carbocycles. The molecule has 1 aliphatic rings. The summed E-state index contributed by atoms with van der Waals surface area (Å²) in [4.78, 5) is 0. The van der Waals surface area contributed by atoms with Crippen molar-refractivity contribution in [2.45, 2.75) is 31.8 Å². The average molecular weight is 315 g/mol. The Morgan fingerprint density at radius 1 is 1.33 bits per heavy atom. The first-order valence-corrected chi connectivity index (χ1v) is 8.63. The molecule has 7 heteroatoms. The van der Waals surface area contributed by atoms with Gasteiger partial charge in [0.05, 0.1) is 0 Å². The van der Waals surface area contributed by atoms with Gasteiger partial charge in [-0.2, -0.15) is 17.4 Å². The fraction of sp³-hybridized carbons (Fsp3) is 0.571. The van der Waals surface area contributed by atoms with Gasteiger partial charge in [-0.3, -0.25) is 0 Å². The van der Waals surface area contributed by atoms with Gasteiger partial charge in [0, 0.05) is 31.2 Å². The van der Waals surface area contributed by atoms with Gasteiger partial charge >= 0.3 is 0 Å². The first-order chi connectivity index (χ1) is 10.0. The number of nitrogens with one attached hydrogen (secondary N) is 2. The fourth-order valence-electron chi connectivity index (χ4n) is 2.62. The minimum absolute atomic E-state index is 0.0300. The smallest absolute Gasteiger partial charge is 0.280 e. The van der Waals surface area contributed by atoms with Gasteiger partial charge in [0.2, 0.25) is 0 Å². The number of hydrogen-bond donors (Lipinski definition) is 2. The molecule has 0 saturated carbocycles. The Balaban J connectivity index is 2.05. The second-order valence-electron chi connectivity index (χ2n) is 5.24. The number of hydrogen-bond acceptors (Lipinski definition) is 3. The first kappa shape index (κ1) is 16.4. The summed E-state index contributed by atoms with van der Waals surface area (Å²) in [5, 5.41) is 3.03. The molecule has 0 amide bonds. The van der Waals surface area contributed by atoms with Gasteiger partial charge in [0.1, 0.15) is 5.82 Å². The summed E-state index contributed by atoms with van der Waals surface area (Å²) in [6.45, 7) is 1.11. The number of piperidine rings is 1. The number of rotatable bonds is 6. The Morgan fingerprint density at radius 2 is 2.10 bits per heavy atom. The van der Waals surface area contributed by atoms with Crippen LogP contribution < -0.4 is 10.0 Å². The summed E-state index contributed by atoms with van der Waals surface area (Å²) in [6, 6.07) is 6.15. The Kier molecular flexibility index (Phi) is 5.69. The van der Waals surface area contributed by atoms with E-state index >= 15 is 0 Å². The molecule has 2 rings (SSSR count). The molecule has 0 radical (unpaired) electrons. The molecule has 21 heavy (non-hydrogen) atoms. The van der Waals surface area contributed by atoms with Crippen LogP contribution in [0.5, 0.6) is 0 Å². The maximum Gasteiger partial charge on any atom is 0.280 e. The van der Waals surface area contributed by atoms with E-state index < -0.39 is 16.0 Å². The zero-order chi connectivity index (χ0) is 15.3. The van der Waals surface area contributed by atoms with Crippen LogP contribution in [0, 0.1) is 5.82 Å². The number of likely N-dealkylation sites (N-methyl/N-ethyl adjacent to an activating group) is 1. The highest BCUT2D eigenvalue weighted by atomic mass is 32.2. The van der Waals surface area contributed by atoms with E-state index in [0.29, 0.717) is 18.7 Å². The van der Waals surface area contributed by atoms with Crippen molar-refractivity contribution < 1.29 is 12.8 Å². The van der Waals surface area contributed by atoms with E-state index in [0.717, 1.165) is 19.3 Å². The highest BCUT2D eigenvalue weighted by Gasteiger charge is 2.31. The maximum atomic E-state index is 13.5. The average Bonchev–Trinajstić information content (AvgIpc) is 2.47. The molecule has 118 valence electrons. The largest absolute Gasteiger partial charge is 0.318 e. The van der Waals surface area contributed by atoms with Crippen LogP contribution in [0.1, 0.15) is 24.8 Å². The third-order valence-corrected chi connectivity index (χ3v) is 5.33. The summed E-state index contributed by atoms with van der Waals surface area (Å²) in [7, 11) is -1.78. The quantitative estimate of drug-likeness (QED) is 0.830. The molecular weight excluding hydrogens is 293 g/mol. The third-order valence-electron chi connectivity index (χ3n) is 3.72. The SMILES string of the molecule is CNCC1CCCCN1S(=O)(=O)NCc1ccccc1F. The fourth-order valence-corrected chi connectivity index (χ4v) is 4.07. The molecule has 1 aliphatic heterocycles. The Morgan fingerprint density at radius 3 is 2.81 bits per heavy atom. The second kappa shape index (κ2) is 7.31. The summed E-state index contributed by atoms with van der Waals surface area (Å²) in [6.07, 6.45) is 2.74. The van der Waals surface area contributed by atoms with Crippen molar-refractivity contribution in [3.8, 4) is 0 Å². The van der Waals surface area contributed by atoms with Crippen LogP contribution in [0.3, 0.4) is 0 Å². The van der Waals surface area contributed by atoms with Crippen molar-refractivity contribution in [1.29, 1.82) is 0 Å². The summed E-state index contributed by atoms with van der Waals surface area (Å²) < 4.78 is 42.4. The predicted molar refractivity (Wildman–Crippen MR) is 80.4 cm³/mol. The summed E-state index contributed by atoms with van der Waals surface area (Å²) in [5.41, 5.74) is 0.350. The molecule has 5 nitrogen and oxygen atoms in total. The molecule has 1 aromatic carbocycles. The number of nitrogens with zero attached hydrogens (tertiary/aromatic N) is 1. The summed E-state index contributed by atoms with van der Waals surface area (Å²) in [5.74, 6) is -0.398. The minimum Gasteiger partial charge on any atom is -0.318 e. The first-order valence-electron chi connectivity index (χ1n) is 7.19. The van der Waals surface area contributed by atoms with Crippen LogP contribution in [0.4, 0.5) is 4.39 Å². The van der Waals surface area contributed by atoms with Crippen LogP contribution >= 0.6 is 0 Å². The number of halogens is 1. The van der Waals surface area contributed by atoms with Gasteiger partial charge in [-0.05, 0) is 26.0 Å². The topological polar surface area (TPSA) is 61.4 Å². The number of benzene rings is 1. The standard InChI is InChI=1S/C14H22FN3O2S/c1-16-11-13-7-4-5-9-18(13)21(19,20)17-10-12-6-2-3-8-14(12)15/h2-3,6,8,13,16-17H,4-5,7,9-11H2,1H3. The van der Waals surface area contributed by atoms with Crippen LogP contribution in [-0.2, 0) is 16.8 Å². The van der Waals surface area contributed by atoms with E-state index in [2.05, 4.69) is 10.0 Å². The van der Waals surface area contributed by atoms with Crippen LogP contribution in [-0.4, -0.2) is 38.9 Å². The highest BCUT2D eigenvalue weighted by molar-refractivity contribution is 7.87. The molecule has 1 unspecified atom stereocenters. The van der Waals surface area contributed by atoms with E-state index in [1.54, 1.807) is 18.2 Å². The van der Waals surface area contributed by atoms with Crippen molar-refractivity contribution in [1.82, 2.24) is 14.3 Å². The molecule has 2 N–H and O–H groups in total. The van der Waals surface area contributed by atoms with Gasteiger partial charge < -0.3 is 5.32 Å². The summed E-state index contributed by atoms with van der Waals surface area (Å²) >= 11 is 0. The normalized spacial score (nSPS) is 20.6. The van der Waals surface area contributed by atoms with Gasteiger partial charge in [-0.15, -0.1) is 0 Å². The Bertz CT molecular complexity index is 563. The molecular formula is C14H22FN3O2S. The van der Waals surface area contributed by atoms with Crippen molar-refractivity contribution in [2.75, 3.05) is 20.1 Å². The predicted octanol–water partition coefficient (Wildman–Crippen LogP) is 1.23. The van der Waals surface area contributed by atoms with Gasteiger partial charge in [-0.1, -0.05) is 24.6 Å². The lowest BCUT2D eigenvalue weighted by molar-refractivity contribution is 0.246. The maximum absolute atomic E-state index is 13.5. The van der Waals surface area contributed by atoms with Crippen molar-refractivity contribution in [2.24, 2.45) is 0 Å². The lowest BCUT2D eigenvalue weighted by Crippen LogP contribution is -2.51. The monoisotopic (exact) mass is 315 g/mol. The molecule has 0 bridgehead atoms. The molecule has 1 atom stereocenters. The molecule has 1 fully saturated rings. The van der Waals surface area contributed by atoms with Gasteiger partial charge in [0.15, 0.2) is 0 Å². The Hall–Kier alpha value is -1.02. The lowest BCUT2D eigenvalue weighted by atomic mass is 10.1. The second-order valence-corrected chi connectivity index (χ2v) is 6.94. The zero-order valence-electron chi connectivity index (χ0n) is 12.2. The van der Waals surface area contributed by atoms with E-state index in [4.69, 9.17) is 0 Å². The third kappa shape index (κ3) is 4.23. The van der Waals surface area contributed by atoms with Gasteiger partial charge in [-0.25, -0.2) is 4.39 Å². The van der Waals surface area contributed by atoms with E-state index in [9.17, 15) is 12.8 Å². The van der Waals surface area contributed by atoms with Crippen molar-refractivity contribution in [3.63, 3.8) is 0 Å². The van der Waals surface area contributed by atoms with Crippen LogP contribution in [0.15, 0.2) is 24.3 Å². The van der Waals surface area contributed by atoms with Crippen molar-refractivity contribution in [3.05, 3.63) is 35.6 Å². The zero-order valence-corrected chi connectivity index (χ0v) is 13.0. The molecule has 0 aromatic heterocycles. The van der Waals surface area contributed by atoms with Gasteiger partial charge in [0.25, 0.3) is 10.2 Å². The van der Waals surface area contributed by atoms with E-state index in [1.165, 1.54) is 10.4 Å². The van der Waals surface area contributed by atoms with Crippen molar-refractivity contribution >= 4 is 10.2 Å². The van der Waals surface area contributed by atoms with E-state index in [1.807, 2.05) is 7.05 Å². The van der Waals surface area contributed by atoms with E-state index in [-0.39, 0.29) is 12.6 Å². The van der Waals surface area contributed by atoms with Crippen LogP contribution in [0.25, 0.3) is 0 Å². The minimum atomic E-state index is -3.59. The molecule has 0 spiro atoms. The molecule has 1 saturated heterocycles.